The molecule has 1 N–H and O–H groups in total. The van der Waals surface area contributed by atoms with Gasteiger partial charge in [0.05, 0.1) is 12.6 Å². The minimum absolute atomic E-state index is 0.00591. The highest BCUT2D eigenvalue weighted by Gasteiger charge is 2.20. The predicted octanol–water partition coefficient (Wildman–Crippen LogP) is 1.97. The molecule has 1 aromatic carbocycles. The van der Waals surface area contributed by atoms with E-state index in [1.165, 1.54) is 5.56 Å². The van der Waals surface area contributed by atoms with Gasteiger partial charge in [0.15, 0.2) is 0 Å². The molecule has 4 nitrogen and oxygen atoms in total. The van der Waals surface area contributed by atoms with E-state index in [0.717, 1.165) is 37.9 Å². The number of amides is 1. The third-order valence-electron chi connectivity index (χ3n) is 3.84. The number of aryl methyl sites for hydroxylation is 1. The van der Waals surface area contributed by atoms with Crippen molar-refractivity contribution in [2.75, 3.05) is 19.6 Å². The first kappa shape index (κ1) is 14.5. The summed E-state index contributed by atoms with van der Waals surface area (Å²) in [6.07, 6.45) is 2.82. The Morgan fingerprint density at radius 2 is 2.00 bits per heavy atom. The fourth-order valence-corrected chi connectivity index (χ4v) is 2.50. The third-order valence-corrected chi connectivity index (χ3v) is 3.84. The second-order valence-corrected chi connectivity index (χ2v) is 5.23. The van der Waals surface area contributed by atoms with Crippen molar-refractivity contribution in [2.24, 2.45) is 0 Å². The predicted molar refractivity (Wildman–Crippen MR) is 78.4 cm³/mol. The third kappa shape index (κ3) is 3.82. The van der Waals surface area contributed by atoms with Gasteiger partial charge in [0.2, 0.25) is 0 Å². The summed E-state index contributed by atoms with van der Waals surface area (Å²) in [5.41, 5.74) is 1.97. The van der Waals surface area contributed by atoms with Crippen molar-refractivity contribution in [1.82, 2.24) is 10.2 Å². The van der Waals surface area contributed by atoms with Crippen LogP contribution in [-0.2, 0) is 6.42 Å². The van der Waals surface area contributed by atoms with Gasteiger partial charge in [-0.05, 0) is 37.0 Å². The SMILES string of the molecule is CCc1ccc(C(=O)NC2CCN(CC#N)CC2)cc1. The van der Waals surface area contributed by atoms with E-state index in [1.807, 2.05) is 24.3 Å². The zero-order valence-corrected chi connectivity index (χ0v) is 11.9. The Balaban J connectivity index is 1.84. The zero-order chi connectivity index (χ0) is 14.4. The molecule has 2 rings (SSSR count). The highest BCUT2D eigenvalue weighted by molar-refractivity contribution is 5.94. The molecule has 20 heavy (non-hydrogen) atoms. The van der Waals surface area contributed by atoms with Crippen LogP contribution in [0.15, 0.2) is 24.3 Å². The molecule has 0 spiro atoms. The van der Waals surface area contributed by atoms with Crippen LogP contribution < -0.4 is 5.32 Å². The number of piperidine rings is 1. The Kier molecular flexibility index (Phi) is 5.14. The molecule has 1 fully saturated rings. The molecule has 1 saturated heterocycles. The van der Waals surface area contributed by atoms with Gasteiger partial charge in [-0.25, -0.2) is 0 Å². The lowest BCUT2D eigenvalue weighted by Gasteiger charge is -2.30. The maximum Gasteiger partial charge on any atom is 0.251 e. The van der Waals surface area contributed by atoms with Crippen molar-refractivity contribution in [3.8, 4) is 6.07 Å². The molecule has 0 aliphatic carbocycles. The number of carbonyl (C=O) groups excluding carboxylic acids is 1. The molecule has 1 aliphatic rings. The molecular formula is C16H21N3O. The number of benzene rings is 1. The summed E-state index contributed by atoms with van der Waals surface area (Å²) in [6.45, 7) is 4.35. The number of hydrogen-bond donors (Lipinski definition) is 1. The zero-order valence-electron chi connectivity index (χ0n) is 11.9. The number of likely N-dealkylation sites (tertiary alicyclic amines) is 1. The molecule has 0 saturated carbocycles. The summed E-state index contributed by atoms with van der Waals surface area (Å²) in [7, 11) is 0. The first-order valence-electron chi connectivity index (χ1n) is 7.22. The molecule has 1 aromatic rings. The summed E-state index contributed by atoms with van der Waals surface area (Å²) in [5, 5.41) is 11.7. The van der Waals surface area contributed by atoms with Crippen LogP contribution in [0, 0.1) is 11.3 Å². The summed E-state index contributed by atoms with van der Waals surface area (Å²) in [6, 6.07) is 10.2. The van der Waals surface area contributed by atoms with E-state index in [9.17, 15) is 4.79 Å². The smallest absolute Gasteiger partial charge is 0.251 e. The minimum Gasteiger partial charge on any atom is -0.349 e. The van der Waals surface area contributed by atoms with Crippen LogP contribution in [0.3, 0.4) is 0 Å². The topological polar surface area (TPSA) is 56.1 Å². The molecular weight excluding hydrogens is 250 g/mol. The Labute approximate surface area is 120 Å². The molecule has 0 unspecified atom stereocenters. The Hall–Kier alpha value is -1.86. The maximum absolute atomic E-state index is 12.1. The van der Waals surface area contributed by atoms with Gasteiger partial charge < -0.3 is 5.32 Å². The number of hydrogen-bond acceptors (Lipinski definition) is 3. The van der Waals surface area contributed by atoms with Crippen LogP contribution in [0.2, 0.25) is 0 Å². The van der Waals surface area contributed by atoms with Crippen molar-refractivity contribution in [3.05, 3.63) is 35.4 Å². The van der Waals surface area contributed by atoms with Crippen LogP contribution >= 0.6 is 0 Å². The molecule has 1 amide bonds. The largest absolute Gasteiger partial charge is 0.349 e. The van der Waals surface area contributed by atoms with Gasteiger partial charge in [-0.15, -0.1) is 0 Å². The van der Waals surface area contributed by atoms with Gasteiger partial charge in [0.1, 0.15) is 0 Å². The number of nitrogens with zero attached hydrogens (tertiary/aromatic N) is 2. The second-order valence-electron chi connectivity index (χ2n) is 5.23. The average molecular weight is 271 g/mol. The van der Waals surface area contributed by atoms with E-state index in [0.29, 0.717) is 6.54 Å². The van der Waals surface area contributed by atoms with Crippen molar-refractivity contribution >= 4 is 5.91 Å². The van der Waals surface area contributed by atoms with Crippen LogP contribution in [0.5, 0.6) is 0 Å². The Bertz CT molecular complexity index is 481. The highest BCUT2D eigenvalue weighted by Crippen LogP contribution is 2.11. The number of nitrogens with one attached hydrogen (secondary N) is 1. The first-order chi connectivity index (χ1) is 9.72. The van der Waals surface area contributed by atoms with Crippen molar-refractivity contribution in [2.45, 2.75) is 32.2 Å². The lowest BCUT2D eigenvalue weighted by atomic mass is 10.0. The molecule has 1 aliphatic heterocycles. The fraction of sp³-hybridized carbons (Fsp3) is 0.500. The summed E-state index contributed by atoms with van der Waals surface area (Å²) in [5.74, 6) is 0.00591. The van der Waals surface area contributed by atoms with Gasteiger partial charge in [-0.1, -0.05) is 19.1 Å². The number of rotatable bonds is 4. The molecule has 106 valence electrons. The number of carbonyl (C=O) groups is 1. The highest BCUT2D eigenvalue weighted by atomic mass is 16.1. The van der Waals surface area contributed by atoms with E-state index >= 15 is 0 Å². The Morgan fingerprint density at radius 3 is 2.55 bits per heavy atom. The quantitative estimate of drug-likeness (QED) is 0.852. The fourth-order valence-electron chi connectivity index (χ4n) is 2.50. The average Bonchev–Trinajstić information content (AvgIpc) is 2.49. The minimum atomic E-state index is 0.00591. The van der Waals surface area contributed by atoms with Crippen LogP contribution in [0.4, 0.5) is 0 Å². The first-order valence-corrected chi connectivity index (χ1v) is 7.22. The maximum atomic E-state index is 12.1. The van der Waals surface area contributed by atoms with Gasteiger partial charge in [-0.3, -0.25) is 9.69 Å². The van der Waals surface area contributed by atoms with Crippen LogP contribution in [-0.4, -0.2) is 36.5 Å². The van der Waals surface area contributed by atoms with Gasteiger partial charge in [0.25, 0.3) is 5.91 Å². The van der Waals surface area contributed by atoms with Gasteiger partial charge in [0, 0.05) is 24.7 Å². The summed E-state index contributed by atoms with van der Waals surface area (Å²) < 4.78 is 0. The second kappa shape index (κ2) is 7.06. The van der Waals surface area contributed by atoms with E-state index in [2.05, 4.69) is 23.2 Å². The number of nitriles is 1. The van der Waals surface area contributed by atoms with E-state index in [-0.39, 0.29) is 11.9 Å². The monoisotopic (exact) mass is 271 g/mol. The van der Waals surface area contributed by atoms with E-state index in [4.69, 9.17) is 5.26 Å². The molecule has 0 bridgehead atoms. The molecule has 4 heteroatoms. The Morgan fingerprint density at radius 1 is 1.35 bits per heavy atom. The van der Waals surface area contributed by atoms with Crippen molar-refractivity contribution in [3.63, 3.8) is 0 Å². The van der Waals surface area contributed by atoms with Crippen molar-refractivity contribution in [1.29, 1.82) is 5.26 Å². The summed E-state index contributed by atoms with van der Waals surface area (Å²) in [4.78, 5) is 14.3. The molecule has 0 radical (unpaired) electrons. The van der Waals surface area contributed by atoms with Gasteiger partial charge >= 0.3 is 0 Å². The van der Waals surface area contributed by atoms with Crippen LogP contribution in [0.1, 0.15) is 35.7 Å². The molecule has 0 aromatic heterocycles. The normalized spacial score (nSPS) is 16.6. The standard InChI is InChI=1S/C16H21N3O/c1-2-13-3-5-14(6-4-13)16(20)18-15-7-10-19(11-8-15)12-9-17/h3-6,15H,2,7-8,10-12H2,1H3,(H,18,20). The van der Waals surface area contributed by atoms with Gasteiger partial charge in [-0.2, -0.15) is 5.26 Å². The summed E-state index contributed by atoms with van der Waals surface area (Å²) >= 11 is 0. The van der Waals surface area contributed by atoms with Crippen molar-refractivity contribution < 1.29 is 4.79 Å². The molecule has 1 heterocycles. The van der Waals surface area contributed by atoms with E-state index in [1.54, 1.807) is 0 Å². The lowest BCUT2D eigenvalue weighted by Crippen LogP contribution is -2.44. The van der Waals surface area contributed by atoms with E-state index < -0.39 is 0 Å². The molecule has 0 atom stereocenters. The van der Waals surface area contributed by atoms with Crippen LogP contribution in [0.25, 0.3) is 0 Å². The lowest BCUT2D eigenvalue weighted by molar-refractivity contribution is 0.0914.